The molecular weight excluding hydrogens is 384 g/mol. The van der Waals surface area contributed by atoms with Gasteiger partial charge in [-0.05, 0) is 51.5 Å². The monoisotopic (exact) mass is 408 g/mol. The lowest BCUT2D eigenvalue weighted by molar-refractivity contribution is 0.0934. The van der Waals surface area contributed by atoms with Gasteiger partial charge in [0.15, 0.2) is 0 Å². The zero-order chi connectivity index (χ0) is 20.0. The molecule has 0 aliphatic rings. The van der Waals surface area contributed by atoms with E-state index >= 15 is 0 Å². The summed E-state index contributed by atoms with van der Waals surface area (Å²) in [5.41, 5.74) is 1.06. The molecule has 27 heavy (non-hydrogen) atoms. The van der Waals surface area contributed by atoms with Crippen molar-refractivity contribution >= 4 is 40.6 Å². The molecule has 0 aliphatic carbocycles. The smallest absolute Gasteiger partial charge is 0.322 e. The first-order valence-corrected chi connectivity index (χ1v) is 10.1. The fourth-order valence-electron chi connectivity index (χ4n) is 2.25. The van der Waals surface area contributed by atoms with Crippen LogP contribution >= 0.6 is 22.9 Å². The molecule has 1 heterocycles. The van der Waals surface area contributed by atoms with Crippen molar-refractivity contribution in [3.05, 3.63) is 45.4 Å². The van der Waals surface area contributed by atoms with Crippen LogP contribution in [0.1, 0.15) is 49.6 Å². The van der Waals surface area contributed by atoms with Crippen LogP contribution in [0.3, 0.4) is 0 Å². The van der Waals surface area contributed by atoms with Gasteiger partial charge in [0.05, 0.1) is 6.54 Å². The predicted octanol–water partition coefficient (Wildman–Crippen LogP) is 4.77. The van der Waals surface area contributed by atoms with Crippen LogP contribution in [0.5, 0.6) is 0 Å². The third kappa shape index (κ3) is 6.22. The zero-order valence-corrected chi connectivity index (χ0v) is 17.5. The molecule has 0 radical (unpaired) electrons. The SMILES string of the molecule is CC[C@@H](C)NC(=O)c1csc(CN(C(=O)Nc2ccc(Cl)cc2)C(C)C)n1. The van der Waals surface area contributed by atoms with E-state index in [1.54, 1.807) is 34.5 Å². The van der Waals surface area contributed by atoms with E-state index in [1.165, 1.54) is 11.3 Å². The lowest BCUT2D eigenvalue weighted by Crippen LogP contribution is -2.39. The Hall–Kier alpha value is -2.12. The zero-order valence-electron chi connectivity index (χ0n) is 16.0. The number of rotatable bonds is 7. The molecule has 146 valence electrons. The minimum atomic E-state index is -0.229. The highest BCUT2D eigenvalue weighted by Gasteiger charge is 2.20. The number of carbonyl (C=O) groups is 2. The summed E-state index contributed by atoms with van der Waals surface area (Å²) >= 11 is 7.25. The molecule has 1 aromatic heterocycles. The summed E-state index contributed by atoms with van der Waals surface area (Å²) in [6.45, 7) is 8.17. The molecule has 2 N–H and O–H groups in total. The summed E-state index contributed by atoms with van der Waals surface area (Å²) in [4.78, 5) is 30.9. The van der Waals surface area contributed by atoms with Crippen LogP contribution in [-0.4, -0.2) is 33.9 Å². The number of thiazole rings is 1. The second kappa shape index (κ2) is 9.71. The number of halogens is 1. The molecule has 6 nitrogen and oxygen atoms in total. The number of urea groups is 1. The number of hydrogen-bond donors (Lipinski definition) is 2. The van der Waals surface area contributed by atoms with Crippen molar-refractivity contribution in [2.45, 2.75) is 52.7 Å². The highest BCUT2D eigenvalue weighted by Crippen LogP contribution is 2.18. The van der Waals surface area contributed by atoms with Crippen molar-refractivity contribution in [3.63, 3.8) is 0 Å². The van der Waals surface area contributed by atoms with Crippen LogP contribution in [0.4, 0.5) is 10.5 Å². The van der Waals surface area contributed by atoms with E-state index < -0.39 is 0 Å². The number of anilines is 1. The molecule has 2 aromatic rings. The Morgan fingerprint density at radius 2 is 1.89 bits per heavy atom. The van der Waals surface area contributed by atoms with E-state index in [0.717, 1.165) is 6.42 Å². The summed E-state index contributed by atoms with van der Waals surface area (Å²) in [6, 6.07) is 6.78. The van der Waals surface area contributed by atoms with Crippen molar-refractivity contribution in [3.8, 4) is 0 Å². The summed E-state index contributed by atoms with van der Waals surface area (Å²) in [6.07, 6.45) is 0.856. The number of aromatic nitrogens is 1. The number of carbonyl (C=O) groups excluding carboxylic acids is 2. The average Bonchev–Trinajstić information content (AvgIpc) is 3.10. The minimum absolute atomic E-state index is 0.0291. The second-order valence-electron chi connectivity index (χ2n) is 6.57. The van der Waals surface area contributed by atoms with Crippen molar-refractivity contribution in [2.75, 3.05) is 5.32 Å². The molecule has 0 bridgehead atoms. The summed E-state index contributed by atoms with van der Waals surface area (Å²) < 4.78 is 0. The fraction of sp³-hybridized carbons (Fsp3) is 0.421. The van der Waals surface area contributed by atoms with Gasteiger partial charge >= 0.3 is 6.03 Å². The van der Waals surface area contributed by atoms with Gasteiger partial charge in [-0.1, -0.05) is 18.5 Å². The largest absolute Gasteiger partial charge is 0.348 e. The van der Waals surface area contributed by atoms with Crippen LogP contribution in [0.2, 0.25) is 5.02 Å². The number of nitrogens with zero attached hydrogens (tertiary/aromatic N) is 2. The quantitative estimate of drug-likeness (QED) is 0.693. The van der Waals surface area contributed by atoms with E-state index in [4.69, 9.17) is 11.6 Å². The highest BCUT2D eigenvalue weighted by molar-refractivity contribution is 7.09. The Balaban J connectivity index is 2.04. The van der Waals surface area contributed by atoms with Gasteiger partial charge < -0.3 is 15.5 Å². The van der Waals surface area contributed by atoms with Gasteiger partial charge in [-0.25, -0.2) is 9.78 Å². The number of amides is 3. The summed E-state index contributed by atoms with van der Waals surface area (Å²) in [5, 5.41) is 8.80. The molecule has 1 atom stereocenters. The van der Waals surface area contributed by atoms with Gasteiger partial charge in [0.25, 0.3) is 5.91 Å². The highest BCUT2D eigenvalue weighted by atomic mass is 35.5. The molecule has 0 aliphatic heterocycles. The summed E-state index contributed by atoms with van der Waals surface area (Å²) in [7, 11) is 0. The third-order valence-corrected chi connectivity index (χ3v) is 5.15. The molecule has 0 saturated carbocycles. The molecule has 0 saturated heterocycles. The molecule has 3 amide bonds. The molecular formula is C19H25ClN4O2S. The molecule has 1 aromatic carbocycles. The average molecular weight is 409 g/mol. The topological polar surface area (TPSA) is 74.3 Å². The first-order valence-electron chi connectivity index (χ1n) is 8.88. The van der Waals surface area contributed by atoms with Crippen LogP contribution in [0, 0.1) is 0 Å². The first kappa shape index (κ1) is 21.2. The van der Waals surface area contributed by atoms with Crippen LogP contribution in [0.25, 0.3) is 0 Å². The normalized spacial score (nSPS) is 11.9. The minimum Gasteiger partial charge on any atom is -0.348 e. The van der Waals surface area contributed by atoms with Crippen LogP contribution in [-0.2, 0) is 6.54 Å². The number of benzene rings is 1. The van der Waals surface area contributed by atoms with E-state index in [1.807, 2.05) is 27.7 Å². The van der Waals surface area contributed by atoms with Gasteiger partial charge in [0.2, 0.25) is 0 Å². The van der Waals surface area contributed by atoms with Gasteiger partial charge in [0, 0.05) is 28.2 Å². The molecule has 0 fully saturated rings. The second-order valence-corrected chi connectivity index (χ2v) is 7.95. The van der Waals surface area contributed by atoms with Crippen molar-refractivity contribution < 1.29 is 9.59 Å². The van der Waals surface area contributed by atoms with Crippen LogP contribution in [0.15, 0.2) is 29.6 Å². The van der Waals surface area contributed by atoms with E-state index in [9.17, 15) is 9.59 Å². The maximum absolute atomic E-state index is 12.6. The maximum atomic E-state index is 12.6. The van der Waals surface area contributed by atoms with E-state index in [2.05, 4.69) is 15.6 Å². The Morgan fingerprint density at radius 1 is 1.22 bits per heavy atom. The van der Waals surface area contributed by atoms with Crippen molar-refractivity contribution in [1.82, 2.24) is 15.2 Å². The maximum Gasteiger partial charge on any atom is 0.322 e. The van der Waals surface area contributed by atoms with Gasteiger partial charge in [-0.3, -0.25) is 4.79 Å². The number of hydrogen-bond acceptors (Lipinski definition) is 4. The Labute approximate surface area is 168 Å². The number of nitrogens with one attached hydrogen (secondary N) is 2. The van der Waals surface area contributed by atoms with E-state index in [0.29, 0.717) is 28.0 Å². The standard InChI is InChI=1S/C19H25ClN4O2S/c1-5-13(4)21-18(25)16-11-27-17(23-16)10-24(12(2)3)19(26)22-15-8-6-14(20)7-9-15/h6-9,11-13H,5,10H2,1-4H3,(H,21,25)(H,22,26)/t13-/m1/s1. The third-order valence-electron chi connectivity index (χ3n) is 4.06. The first-order chi connectivity index (χ1) is 12.8. The molecule has 8 heteroatoms. The molecule has 0 unspecified atom stereocenters. The van der Waals surface area contributed by atoms with Gasteiger partial charge in [0.1, 0.15) is 10.7 Å². The molecule has 2 rings (SSSR count). The lowest BCUT2D eigenvalue weighted by Gasteiger charge is -2.26. The van der Waals surface area contributed by atoms with Crippen LogP contribution < -0.4 is 10.6 Å². The van der Waals surface area contributed by atoms with Gasteiger partial charge in [-0.15, -0.1) is 11.3 Å². The van der Waals surface area contributed by atoms with Crippen molar-refractivity contribution in [2.24, 2.45) is 0 Å². The molecule has 0 spiro atoms. The summed E-state index contributed by atoms with van der Waals surface area (Å²) in [5.74, 6) is -0.187. The predicted molar refractivity (Wildman–Crippen MR) is 110 cm³/mol. The Bertz CT molecular complexity index is 776. The lowest BCUT2D eigenvalue weighted by atomic mass is 10.2. The van der Waals surface area contributed by atoms with E-state index in [-0.39, 0.29) is 24.0 Å². The fourth-order valence-corrected chi connectivity index (χ4v) is 3.15. The van der Waals surface area contributed by atoms with Crippen molar-refractivity contribution in [1.29, 1.82) is 0 Å². The Kier molecular flexibility index (Phi) is 7.62. The van der Waals surface area contributed by atoms with Gasteiger partial charge in [-0.2, -0.15) is 0 Å². The Morgan fingerprint density at radius 3 is 2.48 bits per heavy atom.